The summed E-state index contributed by atoms with van der Waals surface area (Å²) in [5, 5.41) is 0. The lowest BCUT2D eigenvalue weighted by atomic mass is 10.1. The summed E-state index contributed by atoms with van der Waals surface area (Å²) in [7, 11) is 0. The maximum Gasteiger partial charge on any atom is 0.348 e. The molecule has 4 nitrogen and oxygen atoms in total. The van der Waals surface area contributed by atoms with Gasteiger partial charge in [-0.25, -0.2) is 9.59 Å². The molecular formula is C24H24O4S3. The van der Waals surface area contributed by atoms with Gasteiger partial charge in [-0.15, -0.1) is 34.0 Å². The standard InChI is InChI=1S/C24H24O4S3/c1-3-27-23(25)21-15(13-5-6-13)11-19(30-21)17-9-10-18(29-17)20-12-16(14-7-8-14)22(31-20)24(26)28-4-2/h9-14H,3-8H2,1-2H3. The zero-order valence-corrected chi connectivity index (χ0v) is 20.0. The lowest BCUT2D eigenvalue weighted by molar-refractivity contribution is 0.0521. The molecule has 0 saturated heterocycles. The Morgan fingerprint density at radius 2 is 1.16 bits per heavy atom. The fourth-order valence-corrected chi connectivity index (χ4v) is 7.21. The molecular weight excluding hydrogens is 448 g/mol. The molecule has 162 valence electrons. The Morgan fingerprint density at radius 3 is 1.52 bits per heavy atom. The molecule has 31 heavy (non-hydrogen) atoms. The highest BCUT2D eigenvalue weighted by molar-refractivity contribution is 7.27. The van der Waals surface area contributed by atoms with Crippen LogP contribution in [0.2, 0.25) is 0 Å². The predicted molar refractivity (Wildman–Crippen MR) is 127 cm³/mol. The van der Waals surface area contributed by atoms with Crippen molar-refractivity contribution in [1.29, 1.82) is 0 Å². The maximum atomic E-state index is 12.4. The van der Waals surface area contributed by atoms with Crippen LogP contribution in [-0.2, 0) is 9.47 Å². The van der Waals surface area contributed by atoms with E-state index in [1.807, 2.05) is 13.8 Å². The van der Waals surface area contributed by atoms with Crippen molar-refractivity contribution in [3.63, 3.8) is 0 Å². The van der Waals surface area contributed by atoms with Crippen molar-refractivity contribution < 1.29 is 19.1 Å². The molecule has 0 aromatic carbocycles. The van der Waals surface area contributed by atoms with Crippen LogP contribution in [0.4, 0.5) is 0 Å². The first-order chi connectivity index (χ1) is 15.1. The highest BCUT2D eigenvalue weighted by Crippen LogP contribution is 2.50. The summed E-state index contributed by atoms with van der Waals surface area (Å²) >= 11 is 4.79. The number of thiophene rings is 3. The third-order valence-corrected chi connectivity index (χ3v) is 9.31. The van der Waals surface area contributed by atoms with Crippen molar-refractivity contribution in [1.82, 2.24) is 0 Å². The SMILES string of the molecule is CCOC(=O)c1sc(-c2ccc(-c3cc(C4CC4)c(C(=O)OCC)s3)s2)cc1C1CC1. The Bertz CT molecular complexity index is 1040. The predicted octanol–water partition coefficient (Wildman–Crippen LogP) is 7.31. The van der Waals surface area contributed by atoms with Crippen LogP contribution in [0.3, 0.4) is 0 Å². The van der Waals surface area contributed by atoms with Crippen molar-refractivity contribution in [3.05, 3.63) is 45.1 Å². The highest BCUT2D eigenvalue weighted by Gasteiger charge is 2.33. The first kappa shape index (κ1) is 20.9. The number of esters is 2. The minimum atomic E-state index is -0.205. The van der Waals surface area contributed by atoms with Gasteiger partial charge in [0.25, 0.3) is 0 Å². The van der Waals surface area contributed by atoms with Gasteiger partial charge in [0.05, 0.1) is 13.2 Å². The van der Waals surface area contributed by atoms with E-state index in [2.05, 4.69) is 24.3 Å². The van der Waals surface area contributed by atoms with E-state index in [1.165, 1.54) is 22.7 Å². The zero-order valence-electron chi connectivity index (χ0n) is 17.6. The molecule has 3 aromatic rings. The normalized spacial score (nSPS) is 15.8. The van der Waals surface area contributed by atoms with Gasteiger partial charge in [0.2, 0.25) is 0 Å². The molecule has 2 aliphatic carbocycles. The molecule has 7 heteroatoms. The largest absolute Gasteiger partial charge is 0.462 e. The van der Waals surface area contributed by atoms with Crippen molar-refractivity contribution in [3.8, 4) is 19.5 Å². The first-order valence-electron chi connectivity index (χ1n) is 10.8. The Kier molecular flexibility index (Phi) is 5.75. The van der Waals surface area contributed by atoms with E-state index >= 15 is 0 Å². The van der Waals surface area contributed by atoms with E-state index in [-0.39, 0.29) is 11.9 Å². The average Bonchev–Trinajstić information content (AvgIpc) is 3.64. The maximum absolute atomic E-state index is 12.4. The molecule has 0 unspecified atom stereocenters. The van der Waals surface area contributed by atoms with Gasteiger partial charge in [-0.1, -0.05) is 0 Å². The van der Waals surface area contributed by atoms with Crippen molar-refractivity contribution in [2.24, 2.45) is 0 Å². The third-order valence-electron chi connectivity index (χ3n) is 5.57. The van der Waals surface area contributed by atoms with Crippen LogP contribution in [0, 0.1) is 0 Å². The van der Waals surface area contributed by atoms with Crippen LogP contribution in [0.5, 0.6) is 0 Å². The van der Waals surface area contributed by atoms with Crippen LogP contribution < -0.4 is 0 Å². The fraction of sp³-hybridized carbons (Fsp3) is 0.417. The van der Waals surface area contributed by atoms with Gasteiger partial charge >= 0.3 is 11.9 Å². The molecule has 0 amide bonds. The number of carbonyl (C=O) groups excluding carboxylic acids is 2. The second-order valence-corrected chi connectivity index (χ2v) is 11.1. The van der Waals surface area contributed by atoms with Crippen LogP contribution in [0.1, 0.15) is 81.8 Å². The molecule has 0 bridgehead atoms. The molecule has 2 aliphatic rings. The third kappa shape index (κ3) is 4.23. The van der Waals surface area contributed by atoms with Gasteiger partial charge < -0.3 is 9.47 Å². The van der Waals surface area contributed by atoms with Crippen LogP contribution in [0.15, 0.2) is 24.3 Å². The number of hydrogen-bond acceptors (Lipinski definition) is 7. The van der Waals surface area contributed by atoms with E-state index in [0.29, 0.717) is 25.0 Å². The summed E-state index contributed by atoms with van der Waals surface area (Å²) in [6, 6.07) is 8.60. The van der Waals surface area contributed by atoms with Crippen LogP contribution >= 0.6 is 34.0 Å². The Hall–Kier alpha value is -1.96. The topological polar surface area (TPSA) is 52.6 Å². The Labute approximate surface area is 193 Å². The van der Waals surface area contributed by atoms with Gasteiger partial charge in [-0.2, -0.15) is 0 Å². The van der Waals surface area contributed by atoms with Crippen molar-refractivity contribution in [2.75, 3.05) is 13.2 Å². The quantitative estimate of drug-likeness (QED) is 0.322. The molecule has 0 spiro atoms. The highest BCUT2D eigenvalue weighted by atomic mass is 32.1. The summed E-state index contributed by atoms with van der Waals surface area (Å²) in [4.78, 5) is 30.9. The second kappa shape index (κ2) is 8.52. The number of carbonyl (C=O) groups is 2. The molecule has 0 aliphatic heterocycles. The van der Waals surface area contributed by atoms with Crippen molar-refractivity contribution in [2.45, 2.75) is 51.4 Å². The summed E-state index contributed by atoms with van der Waals surface area (Å²) in [5.74, 6) is 0.580. The summed E-state index contributed by atoms with van der Waals surface area (Å²) in [6.07, 6.45) is 4.59. The second-order valence-electron chi connectivity index (χ2n) is 7.94. The molecule has 3 aromatic heterocycles. The molecule has 2 saturated carbocycles. The number of ether oxygens (including phenoxy) is 2. The van der Waals surface area contributed by atoms with E-state index in [0.717, 1.165) is 66.1 Å². The number of hydrogen-bond donors (Lipinski definition) is 0. The average molecular weight is 473 g/mol. The monoisotopic (exact) mass is 472 g/mol. The fourth-order valence-electron chi connectivity index (χ4n) is 3.76. The van der Waals surface area contributed by atoms with Crippen LogP contribution in [0.25, 0.3) is 19.5 Å². The smallest absolute Gasteiger partial charge is 0.348 e. The molecule has 3 heterocycles. The lowest BCUT2D eigenvalue weighted by Crippen LogP contribution is -2.04. The van der Waals surface area contributed by atoms with E-state index in [4.69, 9.17) is 9.47 Å². The van der Waals surface area contributed by atoms with Gasteiger partial charge in [-0.3, -0.25) is 0 Å². The summed E-state index contributed by atoms with van der Waals surface area (Å²) < 4.78 is 10.6. The van der Waals surface area contributed by atoms with Gasteiger partial charge in [-0.05, 0) is 86.8 Å². The zero-order chi connectivity index (χ0) is 21.5. The molecule has 0 N–H and O–H groups in total. The lowest BCUT2D eigenvalue weighted by Gasteiger charge is -2.01. The van der Waals surface area contributed by atoms with Crippen LogP contribution in [-0.4, -0.2) is 25.2 Å². The Balaban J connectivity index is 1.46. The summed E-state index contributed by atoms with van der Waals surface area (Å²) in [5.41, 5.74) is 2.29. The minimum absolute atomic E-state index is 0.205. The van der Waals surface area contributed by atoms with E-state index < -0.39 is 0 Å². The molecule has 0 radical (unpaired) electrons. The molecule has 5 rings (SSSR count). The summed E-state index contributed by atoms with van der Waals surface area (Å²) in [6.45, 7) is 4.47. The van der Waals surface area contributed by atoms with Gasteiger partial charge in [0.15, 0.2) is 0 Å². The van der Waals surface area contributed by atoms with E-state index in [9.17, 15) is 9.59 Å². The first-order valence-corrected chi connectivity index (χ1v) is 13.3. The van der Waals surface area contributed by atoms with E-state index in [1.54, 1.807) is 11.3 Å². The minimum Gasteiger partial charge on any atom is -0.462 e. The van der Waals surface area contributed by atoms with Gasteiger partial charge in [0, 0.05) is 19.5 Å². The molecule has 0 atom stereocenters. The number of rotatable bonds is 8. The Morgan fingerprint density at radius 1 is 0.742 bits per heavy atom. The molecule has 2 fully saturated rings. The van der Waals surface area contributed by atoms with Gasteiger partial charge in [0.1, 0.15) is 9.75 Å². The van der Waals surface area contributed by atoms with Crippen molar-refractivity contribution >= 4 is 45.9 Å².